The highest BCUT2D eigenvalue weighted by Crippen LogP contribution is 2.38. The van der Waals surface area contributed by atoms with Gasteiger partial charge in [0.15, 0.2) is 0 Å². The second-order valence-corrected chi connectivity index (χ2v) is 4.82. The minimum Gasteiger partial charge on any atom is -0.481 e. The number of carboxylic acids is 1. The molecule has 2 heteroatoms. The van der Waals surface area contributed by atoms with Crippen molar-refractivity contribution in [3.8, 4) is 0 Å². The molecule has 2 nitrogen and oxygen atoms in total. The van der Waals surface area contributed by atoms with Gasteiger partial charge in [-0.05, 0) is 42.9 Å². The Balaban J connectivity index is 2.34. The standard InChI is InChI=1S/C15H18O2/c1-10-5-3-6-12-7-4-8-13(15(10)12)11(2)9-14(16)17/h3,5-6,13H,2,4,7-9H2,1H3,(H,16,17). The van der Waals surface area contributed by atoms with Crippen LogP contribution in [0.1, 0.15) is 41.9 Å². The zero-order valence-electron chi connectivity index (χ0n) is 10.2. The Bertz CT molecular complexity index is 460. The lowest BCUT2D eigenvalue weighted by atomic mass is 9.76. The highest BCUT2D eigenvalue weighted by atomic mass is 16.4. The summed E-state index contributed by atoms with van der Waals surface area (Å²) in [5, 5.41) is 8.87. The lowest BCUT2D eigenvalue weighted by Crippen LogP contribution is -2.15. The van der Waals surface area contributed by atoms with Crippen LogP contribution < -0.4 is 0 Å². The quantitative estimate of drug-likeness (QED) is 0.807. The van der Waals surface area contributed by atoms with E-state index in [0.29, 0.717) is 0 Å². The van der Waals surface area contributed by atoms with Crippen molar-refractivity contribution >= 4 is 5.97 Å². The maximum absolute atomic E-state index is 10.8. The van der Waals surface area contributed by atoms with Crippen molar-refractivity contribution in [2.75, 3.05) is 0 Å². The Morgan fingerprint density at radius 2 is 2.29 bits per heavy atom. The molecule has 17 heavy (non-hydrogen) atoms. The molecule has 0 aliphatic heterocycles. The van der Waals surface area contributed by atoms with Gasteiger partial charge in [-0.25, -0.2) is 0 Å². The van der Waals surface area contributed by atoms with Crippen molar-refractivity contribution < 1.29 is 9.90 Å². The summed E-state index contributed by atoms with van der Waals surface area (Å²) in [6, 6.07) is 6.34. The van der Waals surface area contributed by atoms with Crippen molar-refractivity contribution in [1.82, 2.24) is 0 Å². The molecule has 0 heterocycles. The predicted molar refractivity (Wildman–Crippen MR) is 68.3 cm³/mol. The molecule has 2 rings (SSSR count). The molecule has 0 spiro atoms. The highest BCUT2D eigenvalue weighted by molar-refractivity contribution is 5.70. The Hall–Kier alpha value is -1.57. The Labute approximate surface area is 102 Å². The number of hydrogen-bond donors (Lipinski definition) is 1. The van der Waals surface area contributed by atoms with Gasteiger partial charge in [-0.2, -0.15) is 0 Å². The average Bonchev–Trinajstić information content (AvgIpc) is 2.28. The SMILES string of the molecule is C=C(CC(=O)O)C1CCCc2cccc(C)c21. The summed E-state index contributed by atoms with van der Waals surface area (Å²) in [5.74, 6) is -0.549. The smallest absolute Gasteiger partial charge is 0.307 e. The Morgan fingerprint density at radius 3 is 3.00 bits per heavy atom. The molecule has 1 N–H and O–H groups in total. The molecule has 0 aromatic heterocycles. The van der Waals surface area contributed by atoms with Crippen LogP contribution in [0.2, 0.25) is 0 Å². The third kappa shape index (κ3) is 2.41. The number of rotatable bonds is 3. The predicted octanol–water partition coefficient (Wildman–Crippen LogP) is 3.45. The molecule has 1 atom stereocenters. The average molecular weight is 230 g/mol. The molecular formula is C15H18O2. The fourth-order valence-corrected chi connectivity index (χ4v) is 2.82. The van der Waals surface area contributed by atoms with Crippen LogP contribution in [0.25, 0.3) is 0 Å². The van der Waals surface area contributed by atoms with E-state index >= 15 is 0 Å². The Kier molecular flexibility index (Phi) is 3.32. The number of fused-ring (bicyclic) bond motifs is 1. The van der Waals surface area contributed by atoms with E-state index < -0.39 is 5.97 Å². The van der Waals surface area contributed by atoms with Gasteiger partial charge >= 0.3 is 5.97 Å². The lowest BCUT2D eigenvalue weighted by molar-refractivity contribution is -0.136. The van der Waals surface area contributed by atoms with Crippen LogP contribution in [0.3, 0.4) is 0 Å². The summed E-state index contributed by atoms with van der Waals surface area (Å²) in [7, 11) is 0. The van der Waals surface area contributed by atoms with Crippen LogP contribution in [0.4, 0.5) is 0 Å². The monoisotopic (exact) mass is 230 g/mol. The van der Waals surface area contributed by atoms with Gasteiger partial charge in [0, 0.05) is 5.92 Å². The second-order valence-electron chi connectivity index (χ2n) is 4.82. The number of carboxylic acid groups (broad SMARTS) is 1. The van der Waals surface area contributed by atoms with Gasteiger partial charge in [-0.15, -0.1) is 0 Å². The Morgan fingerprint density at radius 1 is 1.53 bits per heavy atom. The molecule has 1 unspecified atom stereocenters. The van der Waals surface area contributed by atoms with Gasteiger partial charge < -0.3 is 5.11 Å². The largest absolute Gasteiger partial charge is 0.481 e. The van der Waals surface area contributed by atoms with Crippen LogP contribution in [0.15, 0.2) is 30.4 Å². The van der Waals surface area contributed by atoms with E-state index in [1.165, 1.54) is 16.7 Å². The molecule has 0 saturated heterocycles. The van der Waals surface area contributed by atoms with Gasteiger partial charge in [-0.1, -0.05) is 30.4 Å². The van der Waals surface area contributed by atoms with E-state index in [1.54, 1.807) is 0 Å². The lowest BCUT2D eigenvalue weighted by Gasteiger charge is -2.28. The summed E-state index contributed by atoms with van der Waals surface area (Å²) in [5.41, 5.74) is 4.80. The van der Waals surface area contributed by atoms with Crippen LogP contribution in [0.5, 0.6) is 0 Å². The number of benzene rings is 1. The van der Waals surface area contributed by atoms with Gasteiger partial charge in [0.05, 0.1) is 6.42 Å². The summed E-state index contributed by atoms with van der Waals surface area (Å²) in [4.78, 5) is 10.8. The normalized spacial score (nSPS) is 18.5. The molecule has 1 aliphatic carbocycles. The van der Waals surface area contributed by atoms with Gasteiger partial charge in [-0.3, -0.25) is 4.79 Å². The zero-order chi connectivity index (χ0) is 12.4. The van der Waals surface area contributed by atoms with E-state index in [1.807, 2.05) is 0 Å². The van der Waals surface area contributed by atoms with Crippen LogP contribution in [-0.4, -0.2) is 11.1 Å². The van der Waals surface area contributed by atoms with Gasteiger partial charge in [0.25, 0.3) is 0 Å². The minimum atomic E-state index is -0.782. The molecule has 1 aromatic rings. The number of aliphatic carboxylic acids is 1. The fraction of sp³-hybridized carbons (Fsp3) is 0.400. The first kappa shape index (κ1) is 11.9. The molecule has 1 aliphatic rings. The van der Waals surface area contributed by atoms with Crippen LogP contribution in [0, 0.1) is 6.92 Å². The van der Waals surface area contributed by atoms with Crippen molar-refractivity contribution in [1.29, 1.82) is 0 Å². The molecule has 90 valence electrons. The molecule has 1 aromatic carbocycles. The first-order valence-corrected chi connectivity index (χ1v) is 6.07. The van der Waals surface area contributed by atoms with Crippen LogP contribution >= 0.6 is 0 Å². The van der Waals surface area contributed by atoms with E-state index in [-0.39, 0.29) is 12.3 Å². The molecule has 0 saturated carbocycles. The van der Waals surface area contributed by atoms with E-state index in [4.69, 9.17) is 5.11 Å². The van der Waals surface area contributed by atoms with Crippen LogP contribution in [-0.2, 0) is 11.2 Å². The van der Waals surface area contributed by atoms with Gasteiger partial charge in [0.1, 0.15) is 0 Å². The third-order valence-corrected chi connectivity index (χ3v) is 3.57. The number of hydrogen-bond acceptors (Lipinski definition) is 1. The first-order valence-electron chi connectivity index (χ1n) is 6.07. The third-order valence-electron chi connectivity index (χ3n) is 3.57. The number of aryl methyl sites for hydroxylation is 2. The molecule has 0 fully saturated rings. The van der Waals surface area contributed by atoms with Crippen molar-refractivity contribution in [2.45, 2.75) is 38.5 Å². The molecular weight excluding hydrogens is 212 g/mol. The first-order chi connectivity index (χ1) is 8.09. The highest BCUT2D eigenvalue weighted by Gasteiger charge is 2.24. The fourth-order valence-electron chi connectivity index (χ4n) is 2.82. The minimum absolute atomic E-state index is 0.0818. The summed E-state index contributed by atoms with van der Waals surface area (Å²) in [6.07, 6.45) is 3.34. The zero-order valence-corrected chi connectivity index (χ0v) is 10.2. The van der Waals surface area contributed by atoms with Crippen molar-refractivity contribution in [3.05, 3.63) is 47.0 Å². The van der Waals surface area contributed by atoms with E-state index in [9.17, 15) is 4.79 Å². The molecule has 0 amide bonds. The summed E-state index contributed by atoms with van der Waals surface area (Å²) < 4.78 is 0. The van der Waals surface area contributed by atoms with E-state index in [0.717, 1.165) is 24.8 Å². The summed E-state index contributed by atoms with van der Waals surface area (Å²) in [6.45, 7) is 6.08. The molecule has 0 radical (unpaired) electrons. The van der Waals surface area contributed by atoms with E-state index in [2.05, 4.69) is 31.7 Å². The topological polar surface area (TPSA) is 37.3 Å². The molecule has 0 bridgehead atoms. The van der Waals surface area contributed by atoms with Crippen molar-refractivity contribution in [3.63, 3.8) is 0 Å². The van der Waals surface area contributed by atoms with Crippen molar-refractivity contribution in [2.24, 2.45) is 0 Å². The number of carbonyl (C=O) groups is 1. The second kappa shape index (κ2) is 4.74. The maximum atomic E-state index is 10.8. The van der Waals surface area contributed by atoms with Gasteiger partial charge in [0.2, 0.25) is 0 Å². The summed E-state index contributed by atoms with van der Waals surface area (Å²) >= 11 is 0. The maximum Gasteiger partial charge on any atom is 0.307 e.